The van der Waals surface area contributed by atoms with Gasteiger partial charge in [0.05, 0.1) is 7.11 Å². The molecule has 1 atom stereocenters. The number of urea groups is 1. The van der Waals surface area contributed by atoms with Crippen LogP contribution in [0.4, 0.5) is 10.6 Å². The number of carbonyl (C=O) groups is 1. The summed E-state index contributed by atoms with van der Waals surface area (Å²) in [6, 6.07) is 11.0. The molecule has 1 saturated heterocycles. The highest BCUT2D eigenvalue weighted by Gasteiger charge is 2.29. The molecule has 1 aliphatic rings. The maximum atomic E-state index is 12.6. The molecule has 6 heteroatoms. The molecule has 2 aromatic rings. The minimum absolute atomic E-state index is 0.203. The van der Waals surface area contributed by atoms with Crippen LogP contribution in [0.5, 0.6) is 5.75 Å². The van der Waals surface area contributed by atoms with Crippen molar-refractivity contribution in [2.45, 2.75) is 25.7 Å². The van der Waals surface area contributed by atoms with Gasteiger partial charge in [0.1, 0.15) is 17.4 Å². The molecule has 130 valence electrons. The number of hydrogen-bond donors (Lipinski definition) is 2. The SMILES string of the molecule is COc1ccc(C2CCC(=N)N(C(=O)Nc3ccccn3)C2)c(C)c1. The number of piperidine rings is 1. The van der Waals surface area contributed by atoms with Gasteiger partial charge in [-0.15, -0.1) is 0 Å². The van der Waals surface area contributed by atoms with Crippen molar-refractivity contribution >= 4 is 17.7 Å². The first-order valence-electron chi connectivity index (χ1n) is 8.30. The van der Waals surface area contributed by atoms with Crippen molar-refractivity contribution in [1.82, 2.24) is 9.88 Å². The maximum Gasteiger partial charge on any atom is 0.328 e. The molecule has 1 unspecified atom stereocenters. The van der Waals surface area contributed by atoms with E-state index in [1.807, 2.05) is 18.2 Å². The van der Waals surface area contributed by atoms with Gasteiger partial charge in [-0.3, -0.25) is 15.6 Å². The third-order valence-corrected chi connectivity index (χ3v) is 4.52. The Morgan fingerprint density at radius 2 is 2.20 bits per heavy atom. The molecule has 0 spiro atoms. The zero-order valence-corrected chi connectivity index (χ0v) is 14.5. The fraction of sp³-hybridized carbons (Fsp3) is 0.316. The zero-order valence-electron chi connectivity index (χ0n) is 14.5. The van der Waals surface area contributed by atoms with Crippen LogP contribution in [0.25, 0.3) is 0 Å². The smallest absolute Gasteiger partial charge is 0.328 e. The van der Waals surface area contributed by atoms with E-state index >= 15 is 0 Å². The summed E-state index contributed by atoms with van der Waals surface area (Å²) in [5.74, 6) is 1.86. The summed E-state index contributed by atoms with van der Waals surface area (Å²) < 4.78 is 5.26. The van der Waals surface area contributed by atoms with Crippen LogP contribution in [0.3, 0.4) is 0 Å². The fourth-order valence-electron chi connectivity index (χ4n) is 3.17. The molecule has 0 aliphatic carbocycles. The van der Waals surface area contributed by atoms with Crippen LogP contribution in [-0.2, 0) is 0 Å². The number of hydrogen-bond acceptors (Lipinski definition) is 4. The first kappa shape index (κ1) is 17.0. The van der Waals surface area contributed by atoms with Crippen molar-refractivity contribution in [2.75, 3.05) is 19.0 Å². The molecule has 1 aromatic heterocycles. The molecule has 2 amide bonds. The van der Waals surface area contributed by atoms with Crippen LogP contribution >= 0.6 is 0 Å². The summed E-state index contributed by atoms with van der Waals surface area (Å²) in [7, 11) is 1.65. The number of methoxy groups -OCH3 is 1. The number of anilines is 1. The third-order valence-electron chi connectivity index (χ3n) is 4.52. The molecule has 1 aliphatic heterocycles. The average molecular weight is 338 g/mol. The molecular weight excluding hydrogens is 316 g/mol. The number of likely N-dealkylation sites (tertiary alicyclic amines) is 1. The minimum atomic E-state index is -0.306. The summed E-state index contributed by atoms with van der Waals surface area (Å²) in [6.07, 6.45) is 3.06. The number of aromatic nitrogens is 1. The van der Waals surface area contributed by atoms with Gasteiger partial charge in [0.15, 0.2) is 0 Å². The predicted octanol–water partition coefficient (Wildman–Crippen LogP) is 3.79. The number of nitrogens with zero attached hydrogens (tertiary/aromatic N) is 2. The monoisotopic (exact) mass is 338 g/mol. The topological polar surface area (TPSA) is 78.3 Å². The molecule has 1 aromatic carbocycles. The molecule has 2 N–H and O–H groups in total. The molecule has 0 radical (unpaired) electrons. The fourth-order valence-corrected chi connectivity index (χ4v) is 3.17. The predicted molar refractivity (Wildman–Crippen MR) is 97.4 cm³/mol. The van der Waals surface area contributed by atoms with Gasteiger partial charge in [-0.2, -0.15) is 0 Å². The maximum absolute atomic E-state index is 12.6. The van der Waals surface area contributed by atoms with E-state index in [1.165, 1.54) is 10.5 Å². The summed E-state index contributed by atoms with van der Waals surface area (Å²) >= 11 is 0. The lowest BCUT2D eigenvalue weighted by Gasteiger charge is -2.34. The largest absolute Gasteiger partial charge is 0.497 e. The molecule has 6 nitrogen and oxygen atoms in total. The molecule has 0 saturated carbocycles. The Hall–Kier alpha value is -2.89. The lowest BCUT2D eigenvalue weighted by atomic mass is 9.87. The van der Waals surface area contributed by atoms with E-state index in [4.69, 9.17) is 10.1 Å². The molecule has 0 bridgehead atoms. The number of aryl methyl sites for hydroxylation is 1. The lowest BCUT2D eigenvalue weighted by Crippen LogP contribution is -2.45. The van der Waals surface area contributed by atoms with Gasteiger partial charge in [0, 0.05) is 25.1 Å². The first-order valence-corrected chi connectivity index (χ1v) is 8.30. The van der Waals surface area contributed by atoms with Gasteiger partial charge < -0.3 is 4.74 Å². The van der Waals surface area contributed by atoms with Gasteiger partial charge in [0.2, 0.25) is 0 Å². The van der Waals surface area contributed by atoms with Crippen LogP contribution in [0.1, 0.15) is 29.9 Å². The van der Waals surface area contributed by atoms with Crippen LogP contribution in [-0.4, -0.2) is 35.4 Å². The third kappa shape index (κ3) is 3.79. The number of ether oxygens (including phenoxy) is 1. The van der Waals surface area contributed by atoms with Crippen molar-refractivity contribution in [3.63, 3.8) is 0 Å². The van der Waals surface area contributed by atoms with Gasteiger partial charge in [-0.05, 0) is 48.7 Å². The van der Waals surface area contributed by atoms with Gasteiger partial charge >= 0.3 is 6.03 Å². The van der Waals surface area contributed by atoms with Crippen LogP contribution in [0.15, 0.2) is 42.6 Å². The Kier molecular flexibility index (Phi) is 4.97. The molecule has 2 heterocycles. The van der Waals surface area contributed by atoms with E-state index < -0.39 is 0 Å². The highest BCUT2D eigenvalue weighted by Crippen LogP contribution is 2.31. The van der Waals surface area contributed by atoms with Gasteiger partial charge in [0.25, 0.3) is 0 Å². The number of rotatable bonds is 3. The summed E-state index contributed by atoms with van der Waals surface area (Å²) in [5.41, 5.74) is 2.34. The van der Waals surface area contributed by atoms with E-state index in [-0.39, 0.29) is 11.9 Å². The zero-order chi connectivity index (χ0) is 17.8. The summed E-state index contributed by atoms with van der Waals surface area (Å²) in [6.45, 7) is 2.54. The van der Waals surface area contributed by atoms with Crippen LogP contribution in [0, 0.1) is 12.3 Å². The number of pyridine rings is 1. The number of amidine groups is 1. The standard InChI is InChI=1S/C19H22N4O2/c1-13-11-15(25-2)7-8-16(13)14-6-9-17(20)23(12-14)19(24)22-18-5-3-4-10-21-18/h3-5,7-8,10-11,14,20H,6,9,12H2,1-2H3,(H,21,22,24). The Morgan fingerprint density at radius 1 is 1.36 bits per heavy atom. The quantitative estimate of drug-likeness (QED) is 0.894. The molecular formula is C19H22N4O2. The highest BCUT2D eigenvalue weighted by atomic mass is 16.5. The average Bonchev–Trinajstić information content (AvgIpc) is 2.63. The Balaban J connectivity index is 1.75. The minimum Gasteiger partial charge on any atom is -0.497 e. The van der Waals surface area contributed by atoms with E-state index in [0.717, 1.165) is 17.7 Å². The van der Waals surface area contributed by atoms with E-state index in [9.17, 15) is 4.79 Å². The Labute approximate surface area is 147 Å². The number of benzene rings is 1. The van der Waals surface area contributed by atoms with Crippen molar-refractivity contribution in [3.8, 4) is 5.75 Å². The second kappa shape index (κ2) is 7.34. The van der Waals surface area contributed by atoms with Gasteiger partial charge in [-0.25, -0.2) is 9.78 Å². The molecule has 25 heavy (non-hydrogen) atoms. The van der Waals surface area contributed by atoms with Crippen molar-refractivity contribution in [1.29, 1.82) is 5.41 Å². The number of carbonyl (C=O) groups excluding carboxylic acids is 1. The highest BCUT2D eigenvalue weighted by molar-refractivity contribution is 6.02. The lowest BCUT2D eigenvalue weighted by molar-refractivity contribution is 0.226. The molecule has 1 fully saturated rings. The Morgan fingerprint density at radius 3 is 2.88 bits per heavy atom. The van der Waals surface area contributed by atoms with E-state index in [2.05, 4.69) is 23.3 Å². The molecule has 3 rings (SSSR count). The second-order valence-electron chi connectivity index (χ2n) is 6.16. The number of nitrogens with one attached hydrogen (secondary N) is 2. The Bertz CT molecular complexity index is 776. The van der Waals surface area contributed by atoms with Crippen LogP contribution in [0.2, 0.25) is 0 Å². The summed E-state index contributed by atoms with van der Waals surface area (Å²) in [4.78, 5) is 18.2. The van der Waals surface area contributed by atoms with Crippen molar-refractivity contribution in [2.24, 2.45) is 0 Å². The first-order chi connectivity index (χ1) is 12.1. The van der Waals surface area contributed by atoms with Crippen LogP contribution < -0.4 is 10.1 Å². The van der Waals surface area contributed by atoms with E-state index in [0.29, 0.717) is 24.6 Å². The van der Waals surface area contributed by atoms with Crippen molar-refractivity contribution < 1.29 is 9.53 Å². The normalized spacial score (nSPS) is 17.3. The number of amides is 2. The van der Waals surface area contributed by atoms with Crippen molar-refractivity contribution in [3.05, 3.63) is 53.7 Å². The van der Waals surface area contributed by atoms with Gasteiger partial charge in [-0.1, -0.05) is 12.1 Å². The second-order valence-corrected chi connectivity index (χ2v) is 6.16. The van der Waals surface area contributed by atoms with E-state index in [1.54, 1.807) is 25.4 Å². The summed E-state index contributed by atoms with van der Waals surface area (Å²) in [5, 5.41) is 10.9.